The highest BCUT2D eigenvalue weighted by atomic mass is 35.5. The largest absolute Gasteiger partial charge is 0.480 e. The maximum Gasteiger partial charge on any atom is 0.293 e. The molecule has 320 valence electrons. The lowest BCUT2D eigenvalue weighted by Gasteiger charge is -2.47. The molecule has 2 aromatic carbocycles. The van der Waals surface area contributed by atoms with Crippen molar-refractivity contribution in [1.29, 1.82) is 0 Å². The lowest BCUT2D eigenvalue weighted by Crippen LogP contribution is -2.48. The number of ketones is 1. The number of hydrogen-bond acceptors (Lipinski definition) is 12. The second kappa shape index (κ2) is 16.7. The first-order chi connectivity index (χ1) is 29.4. The number of ether oxygens (including phenoxy) is 1. The number of halogens is 1. The molecule has 0 aliphatic carbocycles. The molecule has 15 nitrogen and oxygen atoms in total. The smallest absolute Gasteiger partial charge is 0.293 e. The van der Waals surface area contributed by atoms with Crippen LogP contribution in [0, 0.1) is 11.3 Å². The van der Waals surface area contributed by atoms with Crippen molar-refractivity contribution in [2.45, 2.75) is 64.2 Å². The number of anilines is 4. The molecular weight excluding hydrogens is 796 g/mol. The Morgan fingerprint density at radius 2 is 1.67 bits per heavy atom. The van der Waals surface area contributed by atoms with Crippen LogP contribution in [0.1, 0.15) is 69.9 Å². The molecule has 4 aliphatic heterocycles. The van der Waals surface area contributed by atoms with Gasteiger partial charge in [-0.3, -0.25) is 29.2 Å². The Morgan fingerprint density at radius 3 is 2.41 bits per heavy atom. The Morgan fingerprint density at radius 1 is 0.918 bits per heavy atom. The van der Waals surface area contributed by atoms with Crippen molar-refractivity contribution in [3.63, 3.8) is 0 Å². The van der Waals surface area contributed by atoms with Gasteiger partial charge in [-0.05, 0) is 119 Å². The van der Waals surface area contributed by atoms with Gasteiger partial charge < -0.3 is 29.3 Å². The predicted octanol–water partition coefficient (Wildman–Crippen LogP) is 5.70. The van der Waals surface area contributed by atoms with Gasteiger partial charge in [0.2, 0.25) is 17.8 Å². The molecule has 0 saturated carbocycles. The van der Waals surface area contributed by atoms with E-state index in [4.69, 9.17) is 26.4 Å². The molecule has 3 aromatic heterocycles. The van der Waals surface area contributed by atoms with Crippen molar-refractivity contribution >= 4 is 74.1 Å². The summed E-state index contributed by atoms with van der Waals surface area (Å²) in [5, 5.41) is 12.7. The molecule has 4 aliphatic rings. The lowest BCUT2D eigenvalue weighted by atomic mass is 9.71. The number of piperidine rings is 4. The standard InChI is InChI=1S/C45H53ClN10O5/c1-28(57)27-61-38-23-30-22-31(4-8-36(30)52(2)43(38)60)48-41-35(46)25-47-44(50-41)56-20-14-45(15-21-56)12-18-54(19-13-45)26-29-10-16-55(17-11-29)32-5-6-33-37(24-32)53(3)51-40(33)34-7-9-39(58)49-42(34)59/h4-6,8,22-25,29,34H,7,9-21,26-27H2,1-3H3,(H,47,48,50)(H,49,58,59). The first-order valence-electron chi connectivity index (χ1n) is 21.5. The molecule has 0 radical (unpaired) electrons. The van der Waals surface area contributed by atoms with Gasteiger partial charge in [0, 0.05) is 75.4 Å². The first kappa shape index (κ1) is 40.8. The van der Waals surface area contributed by atoms with E-state index in [1.807, 2.05) is 29.9 Å². The molecule has 9 rings (SSSR count). The van der Waals surface area contributed by atoms with Crippen LogP contribution in [0.3, 0.4) is 0 Å². The summed E-state index contributed by atoms with van der Waals surface area (Å²) in [4.78, 5) is 65.5. The molecule has 2 N–H and O–H groups in total. The van der Waals surface area contributed by atoms with E-state index in [0.717, 1.165) is 91.8 Å². The lowest BCUT2D eigenvalue weighted by molar-refractivity contribution is -0.134. The van der Waals surface area contributed by atoms with Gasteiger partial charge in [-0.1, -0.05) is 11.6 Å². The van der Waals surface area contributed by atoms with Crippen LogP contribution >= 0.6 is 11.6 Å². The number of pyridine rings is 1. The minimum atomic E-state index is -0.398. The van der Waals surface area contributed by atoms with Crippen molar-refractivity contribution in [2.75, 3.05) is 67.5 Å². The maximum absolute atomic E-state index is 12.8. The molecule has 16 heteroatoms. The van der Waals surface area contributed by atoms with Crippen molar-refractivity contribution in [2.24, 2.45) is 25.4 Å². The number of aryl methyl sites for hydroxylation is 2. The number of carbonyl (C=O) groups excluding carboxylic acids is 3. The topological polar surface area (TPSA) is 160 Å². The van der Waals surface area contributed by atoms with Crippen LogP contribution in [0.5, 0.6) is 5.75 Å². The molecule has 1 unspecified atom stereocenters. The third kappa shape index (κ3) is 8.41. The number of fused-ring (bicyclic) bond motifs is 2. The summed E-state index contributed by atoms with van der Waals surface area (Å²) in [6, 6.07) is 13.8. The number of imide groups is 1. The van der Waals surface area contributed by atoms with Crippen molar-refractivity contribution in [3.8, 4) is 5.75 Å². The Bertz CT molecular complexity index is 2560. The third-order valence-electron chi connectivity index (χ3n) is 13.6. The highest BCUT2D eigenvalue weighted by molar-refractivity contribution is 6.33. The maximum atomic E-state index is 12.8. The van der Waals surface area contributed by atoms with Crippen LogP contribution in [0.25, 0.3) is 21.8 Å². The zero-order chi connectivity index (χ0) is 42.4. The van der Waals surface area contributed by atoms with Crippen LogP contribution in [-0.2, 0) is 28.5 Å². The number of likely N-dealkylation sites (tertiary alicyclic amines) is 1. The van der Waals surface area contributed by atoms with Crippen molar-refractivity contribution in [1.82, 2.24) is 34.5 Å². The van der Waals surface area contributed by atoms with Gasteiger partial charge >= 0.3 is 0 Å². The Hall–Kier alpha value is -5.54. The van der Waals surface area contributed by atoms with Crippen molar-refractivity contribution < 1.29 is 19.1 Å². The first-order valence-corrected chi connectivity index (χ1v) is 21.9. The number of benzene rings is 2. The highest BCUT2D eigenvalue weighted by Gasteiger charge is 2.39. The van der Waals surface area contributed by atoms with Gasteiger partial charge in [0.1, 0.15) is 11.6 Å². The summed E-state index contributed by atoms with van der Waals surface area (Å²) in [5.74, 6) is 0.955. The number of Topliss-reactive ketones (excluding diaryl/α,β-unsaturated/α-hetero) is 1. The van der Waals surface area contributed by atoms with E-state index in [-0.39, 0.29) is 35.5 Å². The van der Waals surface area contributed by atoms with E-state index in [1.165, 1.54) is 42.9 Å². The SMILES string of the molecule is CC(=O)COc1cc2cc(Nc3nc(N4CCC5(CCN(CC6CCN(c7ccc8c(C9CCC(=O)NC9=O)nn(C)c8c7)CC6)CC5)CC4)ncc3Cl)ccc2n(C)c1=O. The minimum absolute atomic E-state index is 0.123. The van der Waals surface area contributed by atoms with Gasteiger partial charge in [-0.2, -0.15) is 10.1 Å². The predicted molar refractivity (Wildman–Crippen MR) is 236 cm³/mol. The molecule has 5 aromatic rings. The monoisotopic (exact) mass is 848 g/mol. The minimum Gasteiger partial charge on any atom is -0.480 e. The van der Waals surface area contributed by atoms with Crippen LogP contribution in [0.4, 0.5) is 23.1 Å². The summed E-state index contributed by atoms with van der Waals surface area (Å²) in [6.45, 7) is 8.54. The van der Waals surface area contributed by atoms with Gasteiger partial charge in [0.05, 0.1) is 28.8 Å². The Labute approximate surface area is 359 Å². The summed E-state index contributed by atoms with van der Waals surface area (Å²) >= 11 is 6.60. The number of amides is 2. The molecule has 4 saturated heterocycles. The van der Waals surface area contributed by atoms with Gasteiger partial charge in [0.25, 0.3) is 5.56 Å². The summed E-state index contributed by atoms with van der Waals surface area (Å²) in [7, 11) is 3.61. The van der Waals surface area contributed by atoms with Gasteiger partial charge in [0.15, 0.2) is 17.4 Å². The van der Waals surface area contributed by atoms with E-state index in [1.54, 1.807) is 19.3 Å². The quantitative estimate of drug-likeness (QED) is 0.166. The number of nitrogens with one attached hydrogen (secondary N) is 2. The number of carbonyl (C=O) groups is 3. The molecule has 61 heavy (non-hydrogen) atoms. The second-order valence-corrected chi connectivity index (χ2v) is 18.0. The van der Waals surface area contributed by atoms with E-state index >= 15 is 0 Å². The molecule has 4 fully saturated rings. The molecule has 2 amide bonds. The number of hydrogen-bond donors (Lipinski definition) is 2. The Kier molecular flexibility index (Phi) is 11.2. The van der Waals surface area contributed by atoms with Gasteiger partial charge in [-0.15, -0.1) is 0 Å². The zero-order valence-electron chi connectivity index (χ0n) is 35.1. The molecule has 0 bridgehead atoms. The van der Waals surface area contributed by atoms with E-state index in [9.17, 15) is 19.2 Å². The average molecular weight is 849 g/mol. The molecule has 1 atom stereocenters. The highest BCUT2D eigenvalue weighted by Crippen LogP contribution is 2.43. The zero-order valence-corrected chi connectivity index (χ0v) is 35.8. The van der Waals surface area contributed by atoms with Crippen LogP contribution in [0.2, 0.25) is 5.02 Å². The van der Waals surface area contributed by atoms with E-state index < -0.39 is 5.92 Å². The summed E-state index contributed by atoms with van der Waals surface area (Å²) < 4.78 is 8.88. The molecular formula is C45H53ClN10O5. The molecule has 7 heterocycles. The van der Waals surface area contributed by atoms with Crippen LogP contribution in [-0.4, -0.2) is 99.2 Å². The van der Waals surface area contributed by atoms with Gasteiger partial charge in [-0.25, -0.2) is 4.98 Å². The third-order valence-corrected chi connectivity index (χ3v) is 13.8. The Balaban J connectivity index is 0.758. The second-order valence-electron chi connectivity index (χ2n) is 17.6. The normalized spacial score (nSPS) is 20.1. The number of aromatic nitrogens is 5. The van der Waals surface area contributed by atoms with E-state index in [0.29, 0.717) is 41.0 Å². The van der Waals surface area contributed by atoms with E-state index in [2.05, 4.69) is 48.5 Å². The fourth-order valence-corrected chi connectivity index (χ4v) is 10.00. The van der Waals surface area contributed by atoms with Crippen LogP contribution in [0.15, 0.2) is 53.5 Å². The average Bonchev–Trinajstić information content (AvgIpc) is 3.58. The van der Waals surface area contributed by atoms with Crippen LogP contribution < -0.4 is 30.7 Å². The summed E-state index contributed by atoms with van der Waals surface area (Å²) in [5.41, 5.74) is 4.49. The fourth-order valence-electron chi connectivity index (χ4n) is 9.86. The number of nitrogens with zero attached hydrogens (tertiary/aromatic N) is 8. The number of rotatable bonds is 10. The molecule has 1 spiro atoms. The summed E-state index contributed by atoms with van der Waals surface area (Å²) in [6.07, 6.45) is 9.48. The fraction of sp³-hybridized carbons (Fsp3) is 0.489. The van der Waals surface area contributed by atoms with Crippen molar-refractivity contribution in [3.05, 3.63) is 69.7 Å².